The Kier molecular flexibility index (Phi) is 3.35. The summed E-state index contributed by atoms with van der Waals surface area (Å²) in [4.78, 5) is 4.29. The van der Waals surface area contributed by atoms with Crippen molar-refractivity contribution in [2.24, 2.45) is 0 Å². The van der Waals surface area contributed by atoms with Gasteiger partial charge in [-0.2, -0.15) is 0 Å². The molecule has 1 unspecified atom stereocenters. The number of hydrogen-bond acceptors (Lipinski definition) is 2. The number of aromatic nitrogens is 1. The predicted octanol–water partition coefficient (Wildman–Crippen LogP) is 2.43. The number of anilines is 1. The second-order valence-electron chi connectivity index (χ2n) is 2.86. The Labute approximate surface area is 78.0 Å². The van der Waals surface area contributed by atoms with Gasteiger partial charge in [0.05, 0.1) is 0 Å². The van der Waals surface area contributed by atoms with Crippen molar-refractivity contribution in [1.82, 2.24) is 4.98 Å². The molecule has 12 heavy (non-hydrogen) atoms. The molecule has 0 saturated carbocycles. The summed E-state index contributed by atoms with van der Waals surface area (Å²) in [5, 5.41) is 3.19. The summed E-state index contributed by atoms with van der Waals surface area (Å²) in [5.74, 6) is 1.48. The quantitative estimate of drug-likeness (QED) is 0.730. The third-order valence-corrected chi connectivity index (χ3v) is 1.98. The number of alkyl halides is 1. The van der Waals surface area contributed by atoms with Gasteiger partial charge in [0.25, 0.3) is 0 Å². The highest BCUT2D eigenvalue weighted by atomic mass is 35.5. The molecule has 0 aliphatic carbocycles. The molecule has 0 fully saturated rings. The Bertz CT molecular complexity index is 250. The van der Waals surface area contributed by atoms with Crippen LogP contribution in [0.1, 0.15) is 12.6 Å². The van der Waals surface area contributed by atoms with Gasteiger partial charge in [-0.15, -0.1) is 11.6 Å². The molecule has 0 bridgehead atoms. The van der Waals surface area contributed by atoms with Gasteiger partial charge in [0.2, 0.25) is 0 Å². The van der Waals surface area contributed by atoms with E-state index in [1.165, 1.54) is 0 Å². The van der Waals surface area contributed by atoms with Crippen molar-refractivity contribution in [3.63, 3.8) is 0 Å². The molecular weight excluding hydrogens is 172 g/mol. The summed E-state index contributed by atoms with van der Waals surface area (Å²) < 4.78 is 0. The van der Waals surface area contributed by atoms with E-state index in [4.69, 9.17) is 11.6 Å². The Morgan fingerprint density at radius 1 is 1.58 bits per heavy atom. The first-order chi connectivity index (χ1) is 5.72. The lowest BCUT2D eigenvalue weighted by atomic mass is 10.3. The van der Waals surface area contributed by atoms with E-state index in [2.05, 4.69) is 10.3 Å². The second-order valence-corrected chi connectivity index (χ2v) is 3.17. The van der Waals surface area contributed by atoms with Crippen molar-refractivity contribution in [2.75, 3.05) is 11.2 Å². The van der Waals surface area contributed by atoms with E-state index >= 15 is 0 Å². The average Bonchev–Trinajstić information content (AvgIpc) is 2.04. The van der Waals surface area contributed by atoms with Crippen molar-refractivity contribution in [3.8, 4) is 0 Å². The van der Waals surface area contributed by atoms with Crippen molar-refractivity contribution in [3.05, 3.63) is 23.9 Å². The smallest absolute Gasteiger partial charge is 0.126 e. The topological polar surface area (TPSA) is 24.9 Å². The lowest BCUT2D eigenvalue weighted by molar-refractivity contribution is 0.894. The van der Waals surface area contributed by atoms with Gasteiger partial charge < -0.3 is 5.32 Å². The summed E-state index contributed by atoms with van der Waals surface area (Å²) in [7, 11) is 0. The maximum absolute atomic E-state index is 5.65. The fraction of sp³-hybridized carbons (Fsp3) is 0.444. The summed E-state index contributed by atoms with van der Waals surface area (Å²) in [6.45, 7) is 3.99. The van der Waals surface area contributed by atoms with Gasteiger partial charge in [0, 0.05) is 17.6 Å². The third-order valence-electron chi connectivity index (χ3n) is 1.51. The Hall–Kier alpha value is -0.760. The molecule has 2 nitrogen and oxygen atoms in total. The van der Waals surface area contributed by atoms with Crippen LogP contribution in [0.3, 0.4) is 0 Å². The monoisotopic (exact) mass is 184 g/mol. The zero-order chi connectivity index (χ0) is 8.97. The van der Waals surface area contributed by atoms with Gasteiger partial charge in [-0.1, -0.05) is 6.07 Å². The summed E-state index contributed by atoms with van der Waals surface area (Å²) in [6.07, 6.45) is 0. The lowest BCUT2D eigenvalue weighted by Gasteiger charge is -2.10. The summed E-state index contributed by atoms with van der Waals surface area (Å²) in [5.41, 5.74) is 1.02. The maximum atomic E-state index is 5.65. The average molecular weight is 185 g/mol. The van der Waals surface area contributed by atoms with Gasteiger partial charge in [-0.25, -0.2) is 4.98 Å². The molecule has 0 aliphatic heterocycles. The number of halogens is 1. The van der Waals surface area contributed by atoms with Gasteiger partial charge in [0.15, 0.2) is 0 Å². The first kappa shape index (κ1) is 9.33. The van der Waals surface area contributed by atoms with Gasteiger partial charge >= 0.3 is 0 Å². The summed E-state index contributed by atoms with van der Waals surface area (Å²) in [6, 6.07) is 6.15. The Morgan fingerprint density at radius 2 is 2.33 bits per heavy atom. The van der Waals surface area contributed by atoms with Crippen LogP contribution in [0.15, 0.2) is 18.2 Å². The SMILES string of the molecule is Cc1cccc(NC(C)CCl)n1. The molecule has 0 amide bonds. The van der Waals surface area contributed by atoms with E-state index in [1.807, 2.05) is 32.0 Å². The fourth-order valence-corrected chi connectivity index (χ4v) is 0.992. The molecule has 0 radical (unpaired) electrons. The first-order valence-electron chi connectivity index (χ1n) is 3.98. The van der Waals surface area contributed by atoms with Crippen LogP contribution in [0.4, 0.5) is 5.82 Å². The highest BCUT2D eigenvalue weighted by molar-refractivity contribution is 6.18. The number of pyridine rings is 1. The van der Waals surface area contributed by atoms with Gasteiger partial charge in [0.1, 0.15) is 5.82 Å². The van der Waals surface area contributed by atoms with Crippen LogP contribution in [-0.4, -0.2) is 16.9 Å². The number of nitrogens with one attached hydrogen (secondary N) is 1. The molecule has 0 saturated heterocycles. The van der Waals surface area contributed by atoms with Crippen molar-refractivity contribution >= 4 is 17.4 Å². The normalized spacial score (nSPS) is 12.6. The zero-order valence-electron chi connectivity index (χ0n) is 7.34. The molecule has 1 rings (SSSR count). The number of nitrogens with zero attached hydrogens (tertiary/aromatic N) is 1. The van der Waals surface area contributed by atoms with Crippen LogP contribution in [0, 0.1) is 6.92 Å². The minimum atomic E-state index is 0.265. The van der Waals surface area contributed by atoms with E-state index in [0.29, 0.717) is 5.88 Å². The molecule has 0 aliphatic rings. The molecule has 1 N–H and O–H groups in total. The van der Waals surface area contributed by atoms with Crippen LogP contribution in [0.2, 0.25) is 0 Å². The molecule has 1 atom stereocenters. The molecule has 66 valence electrons. The van der Waals surface area contributed by atoms with Crippen LogP contribution in [-0.2, 0) is 0 Å². The minimum Gasteiger partial charge on any atom is -0.366 e. The number of rotatable bonds is 3. The number of aryl methyl sites for hydroxylation is 1. The van der Waals surface area contributed by atoms with Crippen LogP contribution in [0.5, 0.6) is 0 Å². The van der Waals surface area contributed by atoms with Crippen LogP contribution in [0.25, 0.3) is 0 Å². The predicted molar refractivity (Wildman–Crippen MR) is 52.8 cm³/mol. The highest BCUT2D eigenvalue weighted by Gasteiger charge is 1.99. The van der Waals surface area contributed by atoms with Crippen molar-refractivity contribution < 1.29 is 0 Å². The Morgan fingerprint density at radius 3 is 2.92 bits per heavy atom. The largest absolute Gasteiger partial charge is 0.366 e. The molecule has 3 heteroatoms. The molecule has 0 spiro atoms. The molecular formula is C9H13ClN2. The van der Waals surface area contributed by atoms with E-state index < -0.39 is 0 Å². The summed E-state index contributed by atoms with van der Waals surface area (Å²) >= 11 is 5.65. The standard InChI is InChI=1S/C9H13ClN2/c1-7-4-3-5-9(11-7)12-8(2)6-10/h3-5,8H,6H2,1-2H3,(H,11,12). The van der Waals surface area contributed by atoms with Crippen LogP contribution < -0.4 is 5.32 Å². The zero-order valence-corrected chi connectivity index (χ0v) is 8.10. The van der Waals surface area contributed by atoms with Gasteiger partial charge in [-0.05, 0) is 26.0 Å². The molecule has 1 aromatic rings. The van der Waals surface area contributed by atoms with E-state index in [-0.39, 0.29) is 6.04 Å². The van der Waals surface area contributed by atoms with E-state index in [0.717, 1.165) is 11.5 Å². The maximum Gasteiger partial charge on any atom is 0.126 e. The van der Waals surface area contributed by atoms with Crippen LogP contribution >= 0.6 is 11.6 Å². The molecule has 1 heterocycles. The van der Waals surface area contributed by atoms with E-state index in [9.17, 15) is 0 Å². The first-order valence-corrected chi connectivity index (χ1v) is 4.52. The molecule has 1 aromatic heterocycles. The lowest BCUT2D eigenvalue weighted by Crippen LogP contribution is -2.17. The third kappa shape index (κ3) is 2.70. The van der Waals surface area contributed by atoms with Crippen molar-refractivity contribution in [2.45, 2.75) is 19.9 Å². The second kappa shape index (κ2) is 4.31. The fourth-order valence-electron chi connectivity index (χ4n) is 0.914. The molecule has 0 aromatic carbocycles. The number of hydrogen-bond donors (Lipinski definition) is 1. The van der Waals surface area contributed by atoms with Crippen molar-refractivity contribution in [1.29, 1.82) is 0 Å². The van der Waals surface area contributed by atoms with Gasteiger partial charge in [-0.3, -0.25) is 0 Å². The minimum absolute atomic E-state index is 0.265. The Balaban J connectivity index is 2.63. The van der Waals surface area contributed by atoms with E-state index in [1.54, 1.807) is 0 Å². The highest BCUT2D eigenvalue weighted by Crippen LogP contribution is 2.05.